The molecule has 1 spiro atoms. The first kappa shape index (κ1) is 16.3. The summed E-state index contributed by atoms with van der Waals surface area (Å²) in [6, 6.07) is 8.47. The quantitative estimate of drug-likeness (QED) is 0.708. The summed E-state index contributed by atoms with van der Waals surface area (Å²) in [5.74, 6) is 1.18. The Balaban J connectivity index is 1.31. The minimum atomic E-state index is 0.360. The van der Waals surface area contributed by atoms with E-state index in [1.165, 1.54) is 47.9 Å². The van der Waals surface area contributed by atoms with Crippen molar-refractivity contribution in [1.29, 1.82) is 0 Å². The minimum absolute atomic E-state index is 0.360. The summed E-state index contributed by atoms with van der Waals surface area (Å²) >= 11 is 1.83. The number of aryl methyl sites for hydroxylation is 1. The van der Waals surface area contributed by atoms with Gasteiger partial charge >= 0.3 is 0 Å². The number of para-hydroxylation sites is 1. The molecule has 4 heterocycles. The zero-order valence-electron chi connectivity index (χ0n) is 15.3. The number of imidazole rings is 1. The van der Waals surface area contributed by atoms with Crippen LogP contribution < -0.4 is 4.90 Å². The maximum atomic E-state index is 4.86. The Bertz CT molecular complexity index is 873. The van der Waals surface area contributed by atoms with Gasteiger partial charge in [-0.15, -0.1) is 0 Å². The first-order valence-corrected chi connectivity index (χ1v) is 10.4. The van der Waals surface area contributed by atoms with Crippen molar-refractivity contribution in [2.45, 2.75) is 37.8 Å². The van der Waals surface area contributed by atoms with Gasteiger partial charge in [0, 0.05) is 38.1 Å². The van der Waals surface area contributed by atoms with Crippen LogP contribution in [-0.4, -0.2) is 44.6 Å². The van der Waals surface area contributed by atoms with Gasteiger partial charge in [0.15, 0.2) is 5.13 Å². The molecule has 2 fully saturated rings. The van der Waals surface area contributed by atoms with Crippen molar-refractivity contribution in [3.8, 4) is 0 Å². The Morgan fingerprint density at radius 2 is 1.96 bits per heavy atom. The predicted octanol–water partition coefficient (Wildman–Crippen LogP) is 3.66. The van der Waals surface area contributed by atoms with E-state index in [0.29, 0.717) is 5.54 Å². The summed E-state index contributed by atoms with van der Waals surface area (Å²) < 4.78 is 3.45. The molecule has 2 aliphatic heterocycles. The van der Waals surface area contributed by atoms with Crippen LogP contribution >= 0.6 is 11.3 Å². The van der Waals surface area contributed by atoms with Crippen LogP contribution in [0.2, 0.25) is 0 Å². The van der Waals surface area contributed by atoms with Gasteiger partial charge < -0.3 is 9.47 Å². The molecular weight excluding hydrogens is 342 g/mol. The van der Waals surface area contributed by atoms with Gasteiger partial charge in [0.05, 0.1) is 16.8 Å². The average Bonchev–Trinajstić information content (AvgIpc) is 3.36. The zero-order valence-corrected chi connectivity index (χ0v) is 16.1. The molecule has 6 heteroatoms. The SMILES string of the molecule is Cn1ccnc1CN1CCCC12CCN(c1nc3ccccc3s1)CC2. The van der Waals surface area contributed by atoms with E-state index in [1.54, 1.807) is 0 Å². The number of hydrogen-bond acceptors (Lipinski definition) is 5. The van der Waals surface area contributed by atoms with E-state index >= 15 is 0 Å². The second-order valence-electron chi connectivity index (χ2n) is 7.66. The summed E-state index contributed by atoms with van der Waals surface area (Å²) in [6.45, 7) is 4.40. The first-order chi connectivity index (χ1) is 12.7. The molecule has 0 aliphatic carbocycles. The normalized spacial score (nSPS) is 20.4. The molecule has 0 amide bonds. The van der Waals surface area contributed by atoms with Gasteiger partial charge in [0.25, 0.3) is 0 Å². The Morgan fingerprint density at radius 1 is 1.12 bits per heavy atom. The van der Waals surface area contributed by atoms with E-state index in [4.69, 9.17) is 4.98 Å². The van der Waals surface area contributed by atoms with Gasteiger partial charge in [-0.05, 0) is 44.4 Å². The van der Waals surface area contributed by atoms with Crippen molar-refractivity contribution in [1.82, 2.24) is 19.4 Å². The molecule has 3 aromatic rings. The molecule has 2 saturated heterocycles. The Kier molecular flexibility index (Phi) is 3.98. The smallest absolute Gasteiger partial charge is 0.186 e. The third kappa shape index (κ3) is 2.72. The highest BCUT2D eigenvalue weighted by Gasteiger charge is 2.43. The van der Waals surface area contributed by atoms with Crippen LogP contribution in [0.5, 0.6) is 0 Å². The molecular formula is C20H25N5S. The number of thiazole rings is 1. The molecule has 1 aromatic carbocycles. The number of hydrogen-bond donors (Lipinski definition) is 0. The van der Waals surface area contributed by atoms with Crippen LogP contribution in [0.25, 0.3) is 10.2 Å². The molecule has 136 valence electrons. The summed E-state index contributed by atoms with van der Waals surface area (Å²) in [4.78, 5) is 14.6. The highest BCUT2D eigenvalue weighted by atomic mass is 32.1. The Labute approximate surface area is 158 Å². The monoisotopic (exact) mass is 367 g/mol. The maximum Gasteiger partial charge on any atom is 0.186 e. The third-order valence-corrected chi connectivity index (χ3v) is 7.34. The number of benzene rings is 1. The van der Waals surface area contributed by atoms with Crippen LogP contribution in [0.15, 0.2) is 36.7 Å². The van der Waals surface area contributed by atoms with E-state index in [-0.39, 0.29) is 0 Å². The largest absolute Gasteiger partial charge is 0.348 e. The molecule has 0 radical (unpaired) electrons. The van der Waals surface area contributed by atoms with Gasteiger partial charge in [0.2, 0.25) is 0 Å². The highest BCUT2D eigenvalue weighted by Crippen LogP contribution is 2.41. The van der Waals surface area contributed by atoms with Crippen LogP contribution in [0, 0.1) is 0 Å². The molecule has 2 aromatic heterocycles. The fraction of sp³-hybridized carbons (Fsp3) is 0.500. The van der Waals surface area contributed by atoms with E-state index < -0.39 is 0 Å². The summed E-state index contributed by atoms with van der Waals surface area (Å²) in [5.41, 5.74) is 1.49. The lowest BCUT2D eigenvalue weighted by Crippen LogP contribution is -2.52. The lowest BCUT2D eigenvalue weighted by molar-refractivity contribution is 0.0962. The minimum Gasteiger partial charge on any atom is -0.348 e. The van der Waals surface area contributed by atoms with Crippen molar-refractivity contribution in [2.24, 2.45) is 7.05 Å². The molecule has 0 saturated carbocycles. The van der Waals surface area contributed by atoms with Gasteiger partial charge in [-0.2, -0.15) is 0 Å². The number of rotatable bonds is 3. The molecule has 0 bridgehead atoms. The Morgan fingerprint density at radius 3 is 2.73 bits per heavy atom. The topological polar surface area (TPSA) is 37.2 Å². The molecule has 5 nitrogen and oxygen atoms in total. The number of aromatic nitrogens is 3. The van der Waals surface area contributed by atoms with Crippen LogP contribution in [-0.2, 0) is 13.6 Å². The number of piperidine rings is 1. The lowest BCUT2D eigenvalue weighted by atomic mass is 9.85. The van der Waals surface area contributed by atoms with Crippen LogP contribution in [0.3, 0.4) is 0 Å². The van der Waals surface area contributed by atoms with Crippen molar-refractivity contribution < 1.29 is 0 Å². The molecule has 2 aliphatic rings. The van der Waals surface area contributed by atoms with Crippen LogP contribution in [0.1, 0.15) is 31.5 Å². The highest BCUT2D eigenvalue weighted by molar-refractivity contribution is 7.22. The number of likely N-dealkylation sites (tertiary alicyclic amines) is 1. The number of nitrogens with zero attached hydrogens (tertiary/aromatic N) is 5. The molecule has 0 atom stereocenters. The molecule has 5 rings (SSSR count). The van der Waals surface area contributed by atoms with Gasteiger partial charge in [0.1, 0.15) is 5.82 Å². The average molecular weight is 368 g/mol. The molecule has 0 N–H and O–H groups in total. The zero-order chi connectivity index (χ0) is 17.6. The Hall–Kier alpha value is -1.92. The predicted molar refractivity (Wildman–Crippen MR) is 107 cm³/mol. The van der Waals surface area contributed by atoms with Crippen molar-refractivity contribution in [3.05, 3.63) is 42.5 Å². The standard InChI is InChI=1S/C20H25N5S/c1-23-14-10-21-18(23)15-25-11-4-7-20(25)8-12-24(13-9-20)19-22-16-5-2-3-6-17(16)26-19/h2-3,5-6,10,14H,4,7-9,11-13,15H2,1H3. The lowest BCUT2D eigenvalue weighted by Gasteiger charge is -2.45. The van der Waals surface area contributed by atoms with E-state index in [2.05, 4.69) is 50.7 Å². The summed E-state index contributed by atoms with van der Waals surface area (Å²) in [5, 5.41) is 1.19. The fourth-order valence-electron chi connectivity index (χ4n) is 4.64. The van der Waals surface area contributed by atoms with Gasteiger partial charge in [-0.25, -0.2) is 9.97 Å². The molecule has 26 heavy (non-hydrogen) atoms. The van der Waals surface area contributed by atoms with Crippen molar-refractivity contribution in [3.63, 3.8) is 0 Å². The number of fused-ring (bicyclic) bond motifs is 1. The number of anilines is 1. The summed E-state index contributed by atoms with van der Waals surface area (Å²) in [6.07, 6.45) is 9.05. The molecule has 0 unspecified atom stereocenters. The third-order valence-electron chi connectivity index (χ3n) is 6.24. The first-order valence-electron chi connectivity index (χ1n) is 9.55. The van der Waals surface area contributed by atoms with Gasteiger partial charge in [-0.3, -0.25) is 4.90 Å². The van der Waals surface area contributed by atoms with E-state index in [0.717, 1.165) is 25.2 Å². The fourth-order valence-corrected chi connectivity index (χ4v) is 5.65. The second-order valence-corrected chi connectivity index (χ2v) is 8.66. The maximum absolute atomic E-state index is 4.86. The van der Waals surface area contributed by atoms with E-state index in [1.807, 2.05) is 23.7 Å². The van der Waals surface area contributed by atoms with Gasteiger partial charge in [-0.1, -0.05) is 23.5 Å². The van der Waals surface area contributed by atoms with Crippen molar-refractivity contribution in [2.75, 3.05) is 24.5 Å². The second kappa shape index (κ2) is 6.35. The van der Waals surface area contributed by atoms with Crippen molar-refractivity contribution >= 4 is 26.7 Å². The van der Waals surface area contributed by atoms with E-state index in [9.17, 15) is 0 Å². The van der Waals surface area contributed by atoms with Crippen LogP contribution in [0.4, 0.5) is 5.13 Å². The summed E-state index contributed by atoms with van der Waals surface area (Å²) in [7, 11) is 2.10.